The van der Waals surface area contributed by atoms with Crippen molar-refractivity contribution < 1.29 is 37.4 Å². The lowest BCUT2D eigenvalue weighted by Crippen LogP contribution is -2.50. The number of carbonyl (C=O) groups excluding carboxylic acids is 1. The number of nitrogen functional groups attached to an aromatic ring is 1. The van der Waals surface area contributed by atoms with E-state index in [1.165, 1.54) is 31.3 Å². The topological polar surface area (TPSA) is 164 Å². The third-order valence-electron chi connectivity index (χ3n) is 6.28. The molecule has 1 aliphatic carbocycles. The highest BCUT2D eigenvalue weighted by Crippen LogP contribution is 2.64. The van der Waals surface area contributed by atoms with E-state index in [0.29, 0.717) is 0 Å². The fourth-order valence-corrected chi connectivity index (χ4v) is 5.86. The van der Waals surface area contributed by atoms with Gasteiger partial charge in [-0.05, 0) is 39.0 Å². The zero-order valence-electron chi connectivity index (χ0n) is 21.0. The summed E-state index contributed by atoms with van der Waals surface area (Å²) in [7, 11) is -4.33. The summed E-state index contributed by atoms with van der Waals surface area (Å²) < 4.78 is 52.8. The van der Waals surface area contributed by atoms with Gasteiger partial charge in [-0.25, -0.2) is 13.8 Å². The first-order valence-corrected chi connectivity index (χ1v) is 13.4. The third kappa shape index (κ3) is 5.12. The number of aliphatic hydroxyl groups is 1. The van der Waals surface area contributed by atoms with Gasteiger partial charge in [-0.2, -0.15) is 10.1 Å². The molecule has 14 heteroatoms. The number of esters is 1. The number of anilines is 1. The van der Waals surface area contributed by atoms with Crippen LogP contribution in [0.4, 0.5) is 10.2 Å². The van der Waals surface area contributed by atoms with Gasteiger partial charge in [0.2, 0.25) is 0 Å². The van der Waals surface area contributed by atoms with Crippen molar-refractivity contribution in [2.24, 2.45) is 0 Å². The molecule has 206 valence electrons. The van der Waals surface area contributed by atoms with Gasteiger partial charge in [0.05, 0.1) is 12.7 Å². The molecule has 1 aromatic carbocycles. The van der Waals surface area contributed by atoms with Gasteiger partial charge in [-0.15, -0.1) is 6.58 Å². The predicted molar refractivity (Wildman–Crippen MR) is 134 cm³/mol. The molecule has 0 radical (unpaired) electrons. The Balaban J connectivity index is 1.54. The van der Waals surface area contributed by atoms with Gasteiger partial charge in [0.25, 0.3) is 0 Å². The molecule has 0 amide bonds. The average Bonchev–Trinajstić information content (AvgIpc) is 3.36. The summed E-state index contributed by atoms with van der Waals surface area (Å²) in [5.41, 5.74) is 0.467. The number of hydrogen-bond donors (Lipinski definition) is 3. The molecule has 1 aromatic heterocycles. The quantitative estimate of drug-likeness (QED) is 0.212. The highest BCUT2D eigenvalue weighted by Gasteiger charge is 2.82. The molecule has 4 rings (SSSR count). The molecule has 0 spiro atoms. The molecule has 1 saturated heterocycles. The summed E-state index contributed by atoms with van der Waals surface area (Å²) >= 11 is 0. The van der Waals surface area contributed by atoms with Crippen LogP contribution < -0.4 is 21.0 Å². The Bertz CT molecular complexity index is 1310. The van der Waals surface area contributed by atoms with Gasteiger partial charge in [0.15, 0.2) is 5.67 Å². The van der Waals surface area contributed by atoms with Gasteiger partial charge >= 0.3 is 19.4 Å². The first-order valence-electron chi connectivity index (χ1n) is 11.9. The van der Waals surface area contributed by atoms with E-state index in [9.17, 15) is 19.3 Å². The average molecular weight is 552 g/mol. The lowest BCUT2D eigenvalue weighted by Gasteiger charge is -2.34. The van der Waals surface area contributed by atoms with E-state index in [0.717, 1.165) is 10.6 Å². The largest absolute Gasteiger partial charge is 0.462 e. The maximum absolute atomic E-state index is 15.9. The Morgan fingerprint density at radius 1 is 1.37 bits per heavy atom. The number of carbonyl (C=O) groups is 1. The van der Waals surface area contributed by atoms with E-state index >= 15 is 4.39 Å². The van der Waals surface area contributed by atoms with Crippen molar-refractivity contribution in [3.8, 4) is 5.75 Å². The number of aliphatic hydroxyl groups excluding tert-OH is 1. The number of alkyl halides is 1. The number of fused-ring (bicyclic) bond motifs is 1. The summed E-state index contributed by atoms with van der Waals surface area (Å²) in [5.74, 6) is -0.577. The number of nitrogens with zero attached hydrogens (tertiary/aromatic N) is 2. The van der Waals surface area contributed by atoms with Crippen LogP contribution >= 0.6 is 7.75 Å². The fraction of sp³-hybridized carbons (Fsp3) is 0.458. The molecular formula is C24H30FN4O8P. The van der Waals surface area contributed by atoms with Crippen LogP contribution in [-0.2, 0) is 23.4 Å². The van der Waals surface area contributed by atoms with Crippen LogP contribution in [0.15, 0.2) is 60.0 Å². The molecule has 38 heavy (non-hydrogen) atoms. The van der Waals surface area contributed by atoms with Crippen LogP contribution in [0.25, 0.3) is 0 Å². The zero-order valence-corrected chi connectivity index (χ0v) is 21.9. The van der Waals surface area contributed by atoms with E-state index in [1.54, 1.807) is 32.0 Å². The van der Waals surface area contributed by atoms with E-state index in [4.69, 9.17) is 24.3 Å². The summed E-state index contributed by atoms with van der Waals surface area (Å²) in [5, 5.41) is 13.5. The van der Waals surface area contributed by atoms with Crippen molar-refractivity contribution in [1.29, 1.82) is 0 Å². The molecule has 7 unspecified atom stereocenters. The van der Waals surface area contributed by atoms with E-state index in [1.807, 2.05) is 0 Å². The number of halogens is 1. The predicted octanol–water partition coefficient (Wildman–Crippen LogP) is 1.91. The number of ether oxygens (including phenoxy) is 2. The minimum absolute atomic E-state index is 0.0338. The second-order valence-corrected chi connectivity index (χ2v) is 11.1. The standard InChI is InChI=1S/C24H30FN4O8P/c1-5-23(21(31)24(25)18(19(24)36-23)29-12-11-17(26)27-22(29)32)13-34-38(33,37-16-9-7-6-8-10-16)28-15(4)20(30)35-14(2)3/h5-12,14-15,18-19,21,31H,1,13H2,2-4H3,(H,28,33)(H2,26,27,32). The van der Waals surface area contributed by atoms with Crippen molar-refractivity contribution in [3.05, 3.63) is 65.7 Å². The van der Waals surface area contributed by atoms with Gasteiger partial charge in [0.1, 0.15) is 41.5 Å². The van der Waals surface area contributed by atoms with Crippen molar-refractivity contribution in [3.63, 3.8) is 0 Å². The lowest BCUT2D eigenvalue weighted by atomic mass is 9.94. The number of aromatic nitrogens is 2. The van der Waals surface area contributed by atoms with Gasteiger partial charge < -0.3 is 24.8 Å². The first-order chi connectivity index (χ1) is 17.8. The Hall–Kier alpha value is -3.09. The fourth-order valence-electron chi connectivity index (χ4n) is 4.32. The number of nitrogens with one attached hydrogen (secondary N) is 1. The molecular weight excluding hydrogens is 522 g/mol. The molecule has 2 heterocycles. The molecule has 7 atom stereocenters. The number of rotatable bonds is 11. The van der Waals surface area contributed by atoms with Crippen molar-refractivity contribution >= 4 is 19.5 Å². The van der Waals surface area contributed by atoms with Gasteiger partial charge in [-0.1, -0.05) is 24.3 Å². The van der Waals surface area contributed by atoms with Crippen LogP contribution in [0, 0.1) is 0 Å². The number of benzene rings is 1. The van der Waals surface area contributed by atoms with Crippen molar-refractivity contribution in [2.75, 3.05) is 12.3 Å². The van der Waals surface area contributed by atoms with Crippen LogP contribution in [0.5, 0.6) is 5.75 Å². The second kappa shape index (κ2) is 10.2. The SMILES string of the molecule is C=CC1(COP(=O)(NC(C)C(=O)OC(C)C)Oc2ccccc2)OC2C(n3ccc(N)nc3=O)C2(F)C1O. The Morgan fingerprint density at radius 2 is 2.05 bits per heavy atom. The van der Waals surface area contributed by atoms with E-state index in [-0.39, 0.29) is 11.6 Å². The Kier molecular flexibility index (Phi) is 7.52. The smallest absolute Gasteiger partial charge is 0.459 e. The molecule has 1 aliphatic heterocycles. The van der Waals surface area contributed by atoms with Crippen LogP contribution in [0.1, 0.15) is 26.8 Å². The normalized spacial score (nSPS) is 30.2. The summed E-state index contributed by atoms with van der Waals surface area (Å²) in [6.45, 7) is 7.70. The van der Waals surface area contributed by atoms with Gasteiger partial charge in [0, 0.05) is 6.20 Å². The third-order valence-corrected chi connectivity index (χ3v) is 7.90. The van der Waals surface area contributed by atoms with Crippen molar-refractivity contribution in [1.82, 2.24) is 14.6 Å². The molecule has 2 aliphatic rings. The summed E-state index contributed by atoms with van der Waals surface area (Å²) in [6.07, 6.45) is -1.13. The van der Waals surface area contributed by atoms with Crippen LogP contribution in [0.3, 0.4) is 0 Å². The molecule has 2 fully saturated rings. The minimum atomic E-state index is -4.33. The molecule has 1 saturated carbocycles. The Morgan fingerprint density at radius 3 is 2.61 bits per heavy atom. The van der Waals surface area contributed by atoms with Crippen LogP contribution in [-0.4, -0.2) is 62.9 Å². The summed E-state index contributed by atoms with van der Waals surface area (Å²) in [6, 6.07) is 7.08. The van der Waals surface area contributed by atoms with E-state index < -0.39 is 67.7 Å². The molecule has 2 aromatic rings. The molecule has 4 N–H and O–H groups in total. The maximum Gasteiger partial charge on any atom is 0.459 e. The Labute approximate surface area is 218 Å². The number of hydrogen-bond acceptors (Lipinski definition) is 10. The first kappa shape index (κ1) is 27.9. The molecule has 12 nitrogen and oxygen atoms in total. The van der Waals surface area contributed by atoms with Crippen LogP contribution in [0.2, 0.25) is 0 Å². The maximum atomic E-state index is 15.9. The summed E-state index contributed by atoms with van der Waals surface area (Å²) in [4.78, 5) is 28.1. The highest BCUT2D eigenvalue weighted by atomic mass is 31.2. The second-order valence-electron chi connectivity index (χ2n) is 9.43. The monoisotopic (exact) mass is 552 g/mol. The minimum Gasteiger partial charge on any atom is -0.462 e. The van der Waals surface area contributed by atoms with E-state index in [2.05, 4.69) is 16.7 Å². The highest BCUT2D eigenvalue weighted by molar-refractivity contribution is 7.52. The van der Waals surface area contributed by atoms with Crippen molar-refractivity contribution in [2.45, 2.75) is 62.4 Å². The molecule has 0 bridgehead atoms. The lowest BCUT2D eigenvalue weighted by molar-refractivity contribution is -0.149. The number of nitrogens with two attached hydrogens (primary N) is 1. The number of para-hydroxylation sites is 1. The van der Waals surface area contributed by atoms with Gasteiger partial charge in [-0.3, -0.25) is 13.9 Å². The zero-order chi connectivity index (χ0) is 27.9.